The molecule has 3 aromatic heterocycles. The number of fused-ring (bicyclic) bond motifs is 6. The smallest absolute Gasteiger partial charge is 0.160 e. The Kier molecular flexibility index (Phi) is 13.6. The monoisotopic (exact) mass is 1140 g/mol. The Labute approximate surface area is 516 Å². The predicted octanol–water partition coefficient (Wildman–Crippen LogP) is 21.9. The molecule has 0 spiro atoms. The topological polar surface area (TPSA) is 59.4 Å². The average Bonchev–Trinajstić information content (AvgIpc) is 1.57. The molecule has 0 amide bonds. The Balaban J connectivity index is 1.12. The summed E-state index contributed by atoms with van der Waals surface area (Å²) in [6.45, 7) is 26.5. The second-order valence-corrected chi connectivity index (χ2v) is 24.9. The van der Waals surface area contributed by atoms with Crippen LogP contribution < -0.4 is 0 Å². The van der Waals surface area contributed by atoms with Crippen LogP contribution in [0.4, 0.5) is 0 Å². The molecule has 0 radical (unpaired) electrons. The van der Waals surface area contributed by atoms with E-state index in [2.05, 4.69) is 286 Å². The Morgan fingerprint density at radius 3 is 0.818 bits per heavy atom. The van der Waals surface area contributed by atoms with Crippen molar-refractivity contribution in [2.24, 2.45) is 0 Å². The molecule has 3 heterocycles. The van der Waals surface area contributed by atoms with E-state index in [1.165, 1.54) is 89.0 Å². The third-order valence-electron chi connectivity index (χ3n) is 18.2. The van der Waals surface area contributed by atoms with Crippen LogP contribution in [-0.2, 0) is 0 Å². The highest BCUT2D eigenvalue weighted by Crippen LogP contribution is 2.46. The minimum atomic E-state index is 0.524. The van der Waals surface area contributed by atoms with Crippen LogP contribution in [-0.4, -0.2) is 19.1 Å². The van der Waals surface area contributed by atoms with Gasteiger partial charge >= 0.3 is 0 Å². The van der Waals surface area contributed by atoms with Gasteiger partial charge < -0.3 is 9.13 Å². The van der Waals surface area contributed by atoms with E-state index in [-0.39, 0.29) is 0 Å². The summed E-state index contributed by atoms with van der Waals surface area (Å²) in [5.74, 6) is 0.550. The summed E-state index contributed by atoms with van der Waals surface area (Å²) in [5.41, 5.74) is 34.7. The highest BCUT2D eigenvalue weighted by Gasteiger charge is 2.26. The largest absolute Gasteiger partial charge is 0.308 e. The third-order valence-corrected chi connectivity index (χ3v) is 18.2. The number of rotatable bonds is 9. The molecule has 5 heteroatoms. The molecule has 0 aliphatic rings. The number of aromatic nitrogens is 4. The normalized spacial score (nSPS) is 11.6. The molecule has 5 nitrogen and oxygen atoms in total. The Morgan fingerprint density at radius 2 is 0.557 bits per heavy atom. The summed E-state index contributed by atoms with van der Waals surface area (Å²) in [4.78, 5) is 11.0. The van der Waals surface area contributed by atoms with Crippen LogP contribution >= 0.6 is 0 Å². The number of hydrogen-bond donors (Lipinski definition) is 0. The summed E-state index contributed by atoms with van der Waals surface area (Å²) in [5, 5.41) is 16.7. The maximum Gasteiger partial charge on any atom is 0.160 e. The second-order valence-electron chi connectivity index (χ2n) is 24.9. The van der Waals surface area contributed by atoms with Gasteiger partial charge in [0, 0.05) is 38.2 Å². The van der Waals surface area contributed by atoms with E-state index in [9.17, 15) is 5.26 Å². The molecule has 14 rings (SSSR count). The van der Waals surface area contributed by atoms with Crippen molar-refractivity contribution in [2.75, 3.05) is 0 Å². The van der Waals surface area contributed by atoms with Crippen molar-refractivity contribution in [1.82, 2.24) is 19.1 Å². The SMILES string of the molecule is Cc1cc(C)c(-c2ccc3c(c2)c2cc(-c4c(C)cc(C)cc4C)ccc2n3-c2cc(-c3nc(-c4ccccc4)cc(-c4ccccc4)n3)cc(-n3c4ccc(-c5c(C)cc(C)cc5C)cc4c4cc(-c5c(C)cc(C)cc5C)ccc43)c2C#N)c(C)c1. The van der Waals surface area contributed by atoms with Gasteiger partial charge in [-0.3, -0.25) is 0 Å². The standard InChI is InChI=1S/C83H69N5/c1-47-31-51(5)79(52(6)32-47)61-23-27-73-66(39-61)67-40-62(80-53(7)33-48(2)34-54(80)8)24-28-74(67)87(73)77-43-65(83-85-71(59-19-15-13-16-20-59)45-72(86-83)60-21-17-14-18-22-60)44-78(70(77)46-84)88-75-29-25-63(81-55(9)35-49(3)36-56(81)10)41-68(75)69-42-64(26-30-76(69)88)82-57(11)37-50(4)38-58(82)12/h13-45H,1-12H3. The van der Waals surface area contributed by atoms with E-state index < -0.39 is 0 Å². The van der Waals surface area contributed by atoms with Gasteiger partial charge in [-0.2, -0.15) is 5.26 Å². The maximum absolute atomic E-state index is 12.3. The first-order valence-electron chi connectivity index (χ1n) is 30.6. The lowest BCUT2D eigenvalue weighted by atomic mass is 9.91. The van der Waals surface area contributed by atoms with Crippen molar-refractivity contribution in [1.29, 1.82) is 5.26 Å². The lowest BCUT2D eigenvalue weighted by molar-refractivity contribution is 1.11. The zero-order valence-corrected chi connectivity index (χ0v) is 52.3. The minimum absolute atomic E-state index is 0.524. The molecular formula is C83H69N5. The second kappa shape index (κ2) is 21.5. The first kappa shape index (κ1) is 55.5. The van der Waals surface area contributed by atoms with E-state index >= 15 is 0 Å². The van der Waals surface area contributed by atoms with Gasteiger partial charge in [0.15, 0.2) is 5.82 Å². The van der Waals surface area contributed by atoms with E-state index in [0.717, 1.165) is 105 Å². The highest BCUT2D eigenvalue weighted by molar-refractivity contribution is 6.14. The number of benzene rings is 11. The van der Waals surface area contributed by atoms with Crippen LogP contribution in [0.3, 0.4) is 0 Å². The molecule has 0 N–H and O–H groups in total. The van der Waals surface area contributed by atoms with Gasteiger partial charge in [-0.15, -0.1) is 0 Å². The summed E-state index contributed by atoms with van der Waals surface area (Å²) >= 11 is 0. The Morgan fingerprint density at radius 1 is 0.284 bits per heavy atom. The molecule has 14 aromatic rings. The molecular weight excluding hydrogens is 1070 g/mol. The van der Waals surface area contributed by atoms with Gasteiger partial charge in [0.05, 0.1) is 44.8 Å². The molecule has 0 aliphatic heterocycles. The van der Waals surface area contributed by atoms with Crippen molar-refractivity contribution < 1.29 is 0 Å². The summed E-state index contributed by atoms with van der Waals surface area (Å²) in [6, 6.07) is 76.0. The van der Waals surface area contributed by atoms with Crippen molar-refractivity contribution >= 4 is 43.6 Å². The molecule has 0 atom stereocenters. The van der Waals surface area contributed by atoms with Crippen molar-refractivity contribution in [3.63, 3.8) is 0 Å². The highest BCUT2D eigenvalue weighted by atomic mass is 15.0. The van der Waals surface area contributed by atoms with E-state index in [4.69, 9.17) is 9.97 Å². The van der Waals surface area contributed by atoms with Crippen molar-refractivity contribution in [3.8, 4) is 95.9 Å². The molecule has 426 valence electrons. The van der Waals surface area contributed by atoms with Crippen LogP contribution in [0.25, 0.3) is 133 Å². The Bertz CT molecular complexity index is 4640. The number of nitrogens with zero attached hydrogens (tertiary/aromatic N) is 5. The van der Waals surface area contributed by atoms with Gasteiger partial charge in [-0.25, -0.2) is 9.97 Å². The van der Waals surface area contributed by atoms with Crippen LogP contribution in [0.15, 0.2) is 200 Å². The Hall–Kier alpha value is -10.4. The fourth-order valence-corrected chi connectivity index (χ4v) is 15.0. The molecule has 0 aliphatic carbocycles. The molecule has 0 fully saturated rings. The van der Waals surface area contributed by atoms with Gasteiger partial charge in [-0.1, -0.05) is 156 Å². The molecule has 88 heavy (non-hydrogen) atoms. The van der Waals surface area contributed by atoms with Gasteiger partial charge in [0.2, 0.25) is 0 Å². The lowest BCUT2D eigenvalue weighted by Gasteiger charge is -2.19. The minimum Gasteiger partial charge on any atom is -0.308 e. The van der Waals surface area contributed by atoms with Crippen LogP contribution in [0.1, 0.15) is 72.3 Å². The zero-order chi connectivity index (χ0) is 61.0. The van der Waals surface area contributed by atoms with Crippen LogP contribution in [0.2, 0.25) is 0 Å². The molecule has 0 saturated heterocycles. The first-order valence-corrected chi connectivity index (χ1v) is 30.6. The van der Waals surface area contributed by atoms with Crippen LogP contribution in [0, 0.1) is 94.4 Å². The molecule has 0 bridgehead atoms. The molecule has 11 aromatic carbocycles. The fraction of sp³-hybridized carbons (Fsp3) is 0.145. The summed E-state index contributed by atoms with van der Waals surface area (Å²) < 4.78 is 4.67. The summed E-state index contributed by atoms with van der Waals surface area (Å²) in [7, 11) is 0. The molecule has 0 unspecified atom stereocenters. The predicted molar refractivity (Wildman–Crippen MR) is 370 cm³/mol. The van der Waals surface area contributed by atoms with Crippen LogP contribution in [0.5, 0.6) is 0 Å². The van der Waals surface area contributed by atoms with Gasteiger partial charge in [0.1, 0.15) is 11.6 Å². The van der Waals surface area contributed by atoms with E-state index in [0.29, 0.717) is 11.4 Å². The maximum atomic E-state index is 12.3. The van der Waals surface area contributed by atoms with Crippen molar-refractivity contribution in [3.05, 3.63) is 273 Å². The fourth-order valence-electron chi connectivity index (χ4n) is 15.0. The quantitative estimate of drug-likeness (QED) is 0.145. The first-order chi connectivity index (χ1) is 42.5. The summed E-state index contributed by atoms with van der Waals surface area (Å²) in [6.07, 6.45) is 0. The average molecular weight is 1140 g/mol. The number of aryl methyl sites for hydroxylation is 12. The lowest BCUT2D eigenvalue weighted by Crippen LogP contribution is -2.06. The van der Waals surface area contributed by atoms with E-state index in [1.54, 1.807) is 0 Å². The zero-order valence-electron chi connectivity index (χ0n) is 52.3. The molecule has 0 saturated carbocycles. The van der Waals surface area contributed by atoms with Gasteiger partial charge in [0.25, 0.3) is 0 Å². The van der Waals surface area contributed by atoms with E-state index in [1.807, 2.05) is 12.1 Å². The van der Waals surface area contributed by atoms with Gasteiger partial charge in [-0.05, 0) is 239 Å². The number of hydrogen-bond acceptors (Lipinski definition) is 3. The van der Waals surface area contributed by atoms with Crippen molar-refractivity contribution in [2.45, 2.75) is 83.1 Å². The third kappa shape index (κ3) is 9.39. The number of nitriles is 1.